The van der Waals surface area contributed by atoms with E-state index in [4.69, 9.17) is 0 Å². The SMILES string of the molecule is O=CCC=Cc1ccc2c(=O)cc[nH]c2c1. The molecule has 3 nitrogen and oxygen atoms in total. The van der Waals surface area contributed by atoms with E-state index in [1.165, 1.54) is 6.07 Å². The quantitative estimate of drug-likeness (QED) is 0.794. The molecule has 0 aliphatic rings. The maximum absolute atomic E-state index is 11.5. The van der Waals surface area contributed by atoms with Crippen molar-refractivity contribution >= 4 is 23.3 Å². The summed E-state index contributed by atoms with van der Waals surface area (Å²) in [7, 11) is 0. The third-order valence-corrected chi connectivity index (χ3v) is 2.33. The normalized spacial score (nSPS) is 11.0. The maximum Gasteiger partial charge on any atom is 0.189 e. The predicted octanol–water partition coefficient (Wildman–Crippen LogP) is 2.13. The van der Waals surface area contributed by atoms with Gasteiger partial charge in [-0.2, -0.15) is 0 Å². The van der Waals surface area contributed by atoms with Crippen molar-refractivity contribution in [2.24, 2.45) is 0 Å². The number of carbonyl (C=O) groups is 1. The first-order chi connectivity index (χ1) is 7.81. The van der Waals surface area contributed by atoms with Crippen molar-refractivity contribution in [2.45, 2.75) is 6.42 Å². The van der Waals surface area contributed by atoms with Crippen molar-refractivity contribution in [3.8, 4) is 0 Å². The summed E-state index contributed by atoms with van der Waals surface area (Å²) >= 11 is 0. The van der Waals surface area contributed by atoms with E-state index < -0.39 is 0 Å². The zero-order chi connectivity index (χ0) is 11.4. The number of carbonyl (C=O) groups excluding carboxylic acids is 1. The molecule has 0 amide bonds. The molecule has 0 saturated carbocycles. The number of hydrogen-bond acceptors (Lipinski definition) is 2. The smallest absolute Gasteiger partial charge is 0.189 e. The minimum atomic E-state index is 0.0113. The monoisotopic (exact) mass is 213 g/mol. The van der Waals surface area contributed by atoms with Crippen LogP contribution >= 0.6 is 0 Å². The van der Waals surface area contributed by atoms with Gasteiger partial charge in [-0.3, -0.25) is 4.79 Å². The second-order valence-corrected chi connectivity index (χ2v) is 3.45. The van der Waals surface area contributed by atoms with E-state index in [0.29, 0.717) is 11.8 Å². The molecule has 0 bridgehead atoms. The van der Waals surface area contributed by atoms with Crippen molar-refractivity contribution in [2.75, 3.05) is 0 Å². The van der Waals surface area contributed by atoms with Crippen LogP contribution in [0.25, 0.3) is 17.0 Å². The molecule has 3 heteroatoms. The highest BCUT2D eigenvalue weighted by molar-refractivity contribution is 5.80. The molecule has 2 rings (SSSR count). The van der Waals surface area contributed by atoms with E-state index in [2.05, 4.69) is 4.98 Å². The van der Waals surface area contributed by atoms with Crippen LogP contribution in [-0.4, -0.2) is 11.3 Å². The van der Waals surface area contributed by atoms with E-state index in [-0.39, 0.29) is 5.43 Å². The number of nitrogens with one attached hydrogen (secondary N) is 1. The zero-order valence-corrected chi connectivity index (χ0v) is 8.64. The van der Waals surface area contributed by atoms with Gasteiger partial charge in [0.25, 0.3) is 0 Å². The Balaban J connectivity index is 2.45. The van der Waals surface area contributed by atoms with Crippen LogP contribution in [0.3, 0.4) is 0 Å². The Morgan fingerprint density at radius 1 is 1.25 bits per heavy atom. The molecule has 0 fully saturated rings. The number of aldehydes is 1. The molecular formula is C13H11NO2. The summed E-state index contributed by atoms with van der Waals surface area (Å²) in [4.78, 5) is 24.6. The Morgan fingerprint density at radius 2 is 2.12 bits per heavy atom. The first-order valence-electron chi connectivity index (χ1n) is 5.03. The number of allylic oxidation sites excluding steroid dienone is 1. The highest BCUT2D eigenvalue weighted by atomic mass is 16.1. The van der Waals surface area contributed by atoms with Crippen molar-refractivity contribution in [1.82, 2.24) is 4.98 Å². The van der Waals surface area contributed by atoms with Crippen molar-refractivity contribution in [1.29, 1.82) is 0 Å². The lowest BCUT2D eigenvalue weighted by molar-refractivity contribution is -0.107. The van der Waals surface area contributed by atoms with Gasteiger partial charge < -0.3 is 9.78 Å². The first-order valence-corrected chi connectivity index (χ1v) is 5.03. The van der Waals surface area contributed by atoms with Crippen LogP contribution in [0.15, 0.2) is 41.3 Å². The van der Waals surface area contributed by atoms with Gasteiger partial charge in [-0.15, -0.1) is 0 Å². The summed E-state index contributed by atoms with van der Waals surface area (Å²) in [5, 5.41) is 0.676. The van der Waals surface area contributed by atoms with Crippen LogP contribution in [-0.2, 0) is 4.79 Å². The van der Waals surface area contributed by atoms with Gasteiger partial charge in [0.2, 0.25) is 0 Å². The molecule has 1 N–H and O–H groups in total. The van der Waals surface area contributed by atoms with Crippen LogP contribution < -0.4 is 5.43 Å². The zero-order valence-electron chi connectivity index (χ0n) is 8.64. The summed E-state index contributed by atoms with van der Waals surface area (Å²) in [5.74, 6) is 0. The molecule has 0 unspecified atom stereocenters. The Morgan fingerprint density at radius 3 is 2.94 bits per heavy atom. The third kappa shape index (κ3) is 2.08. The minimum absolute atomic E-state index is 0.0113. The van der Waals surface area contributed by atoms with Gasteiger partial charge in [0.05, 0.1) is 0 Å². The van der Waals surface area contributed by atoms with Crippen LogP contribution in [0.2, 0.25) is 0 Å². The summed E-state index contributed by atoms with van der Waals surface area (Å²) in [5.41, 5.74) is 1.79. The number of pyridine rings is 1. The average Bonchev–Trinajstić information content (AvgIpc) is 2.30. The second kappa shape index (κ2) is 4.57. The van der Waals surface area contributed by atoms with Crippen LogP contribution in [0.5, 0.6) is 0 Å². The van der Waals surface area contributed by atoms with E-state index in [9.17, 15) is 9.59 Å². The molecule has 1 aromatic heterocycles. The molecule has 80 valence electrons. The number of H-pyrrole nitrogens is 1. The number of rotatable bonds is 3. The van der Waals surface area contributed by atoms with E-state index >= 15 is 0 Å². The molecule has 0 radical (unpaired) electrons. The third-order valence-electron chi connectivity index (χ3n) is 2.33. The summed E-state index contributed by atoms with van der Waals surface area (Å²) in [6.45, 7) is 0. The van der Waals surface area contributed by atoms with Crippen LogP contribution in [0, 0.1) is 0 Å². The van der Waals surface area contributed by atoms with Crippen molar-refractivity contribution < 1.29 is 4.79 Å². The fourth-order valence-corrected chi connectivity index (χ4v) is 1.56. The van der Waals surface area contributed by atoms with E-state index in [1.807, 2.05) is 18.2 Å². The van der Waals surface area contributed by atoms with Crippen molar-refractivity contribution in [3.63, 3.8) is 0 Å². The van der Waals surface area contributed by atoms with Gasteiger partial charge in [0.15, 0.2) is 5.43 Å². The predicted molar refractivity (Wildman–Crippen MR) is 64.3 cm³/mol. The van der Waals surface area contributed by atoms with Gasteiger partial charge >= 0.3 is 0 Å². The summed E-state index contributed by atoms with van der Waals surface area (Å²) < 4.78 is 0. The lowest BCUT2D eigenvalue weighted by Gasteiger charge is -1.98. The van der Waals surface area contributed by atoms with E-state index in [1.54, 1.807) is 18.3 Å². The number of aromatic nitrogens is 1. The first kappa shape index (κ1) is 10.4. The lowest BCUT2D eigenvalue weighted by atomic mass is 10.1. The largest absolute Gasteiger partial charge is 0.361 e. The van der Waals surface area contributed by atoms with E-state index in [0.717, 1.165) is 17.4 Å². The molecule has 0 atom stereocenters. The number of hydrogen-bond donors (Lipinski definition) is 1. The van der Waals surface area contributed by atoms with Gasteiger partial charge in [-0.05, 0) is 17.7 Å². The number of fused-ring (bicyclic) bond motifs is 1. The van der Waals surface area contributed by atoms with Crippen LogP contribution in [0.1, 0.15) is 12.0 Å². The molecule has 1 aromatic carbocycles. The van der Waals surface area contributed by atoms with Gasteiger partial charge in [-0.25, -0.2) is 0 Å². The number of benzene rings is 1. The lowest BCUT2D eigenvalue weighted by Crippen LogP contribution is -1.99. The van der Waals surface area contributed by atoms with Gasteiger partial charge in [0, 0.05) is 29.6 Å². The Labute approximate surface area is 92.4 Å². The van der Waals surface area contributed by atoms with Gasteiger partial charge in [-0.1, -0.05) is 18.2 Å². The molecule has 2 aromatic rings. The Bertz CT molecular complexity index is 596. The molecule has 0 aliphatic heterocycles. The highest BCUT2D eigenvalue weighted by Gasteiger charge is 1.97. The fourth-order valence-electron chi connectivity index (χ4n) is 1.56. The minimum Gasteiger partial charge on any atom is -0.361 e. The molecule has 0 saturated heterocycles. The second-order valence-electron chi connectivity index (χ2n) is 3.45. The topological polar surface area (TPSA) is 49.9 Å². The standard InChI is InChI=1S/C13H11NO2/c15-8-2-1-3-10-4-5-11-12(9-10)14-7-6-13(11)16/h1,3-9H,2H2,(H,14,16). The number of aromatic amines is 1. The average molecular weight is 213 g/mol. The van der Waals surface area contributed by atoms with Crippen LogP contribution in [0.4, 0.5) is 0 Å². The molecule has 1 heterocycles. The van der Waals surface area contributed by atoms with Gasteiger partial charge in [0.1, 0.15) is 6.29 Å². The molecule has 16 heavy (non-hydrogen) atoms. The highest BCUT2D eigenvalue weighted by Crippen LogP contribution is 2.11. The Kier molecular flexibility index (Phi) is 2.96. The molecule has 0 spiro atoms. The van der Waals surface area contributed by atoms with Crippen molar-refractivity contribution in [3.05, 3.63) is 52.3 Å². The summed E-state index contributed by atoms with van der Waals surface area (Å²) in [6.07, 6.45) is 6.53. The fraction of sp³-hybridized carbons (Fsp3) is 0.0769. The molecule has 0 aliphatic carbocycles. The Hall–Kier alpha value is -2.16. The summed E-state index contributed by atoms with van der Waals surface area (Å²) in [6, 6.07) is 7.04. The maximum atomic E-state index is 11.5. The molecular weight excluding hydrogens is 202 g/mol.